The van der Waals surface area contributed by atoms with E-state index in [1.807, 2.05) is 30.3 Å². The van der Waals surface area contributed by atoms with Crippen LogP contribution in [0.1, 0.15) is 17.5 Å². The van der Waals surface area contributed by atoms with Crippen LogP contribution in [0.5, 0.6) is 5.75 Å². The van der Waals surface area contributed by atoms with Crippen molar-refractivity contribution >= 4 is 16.8 Å². The number of hydrogen-bond donors (Lipinski definition) is 1. The van der Waals surface area contributed by atoms with E-state index < -0.39 is 16.5 Å². The quantitative estimate of drug-likeness (QED) is 0.826. The number of rotatable bonds is 3. The standard InChI is InChI=1S/C19H16F2N2OS/c1-2-5-12-11-24-17-7-4-3-6-15(17)19(12)23-22-18(25-19)14-10-13(20)8-9-16(14)21/h2-4,6-10,12,23H,1,5,11H2/t12-,19-/m0/s1. The van der Waals surface area contributed by atoms with Crippen LogP contribution in [-0.4, -0.2) is 11.7 Å². The van der Waals surface area contributed by atoms with Gasteiger partial charge in [0.05, 0.1) is 6.61 Å². The number of nitrogens with zero attached hydrogens (tertiary/aromatic N) is 1. The van der Waals surface area contributed by atoms with Gasteiger partial charge in [-0.25, -0.2) is 8.78 Å². The van der Waals surface area contributed by atoms with Gasteiger partial charge in [-0.05, 0) is 30.7 Å². The van der Waals surface area contributed by atoms with Gasteiger partial charge in [0.1, 0.15) is 27.3 Å². The van der Waals surface area contributed by atoms with E-state index in [4.69, 9.17) is 4.74 Å². The number of thioether (sulfide) groups is 1. The van der Waals surface area contributed by atoms with E-state index in [1.54, 1.807) is 0 Å². The molecule has 128 valence electrons. The van der Waals surface area contributed by atoms with Crippen molar-refractivity contribution in [1.82, 2.24) is 5.43 Å². The second-order valence-electron chi connectivity index (χ2n) is 6.02. The highest BCUT2D eigenvalue weighted by molar-refractivity contribution is 8.15. The molecule has 0 aliphatic carbocycles. The lowest BCUT2D eigenvalue weighted by molar-refractivity contribution is 0.163. The second kappa shape index (κ2) is 6.19. The lowest BCUT2D eigenvalue weighted by atomic mass is 9.88. The van der Waals surface area contributed by atoms with Crippen LogP contribution in [0, 0.1) is 17.6 Å². The minimum Gasteiger partial charge on any atom is -0.493 e. The van der Waals surface area contributed by atoms with Crippen molar-refractivity contribution in [1.29, 1.82) is 0 Å². The molecule has 0 radical (unpaired) electrons. The summed E-state index contributed by atoms with van der Waals surface area (Å²) in [7, 11) is 0. The lowest BCUT2D eigenvalue weighted by Gasteiger charge is -2.40. The molecule has 1 N–H and O–H groups in total. The highest BCUT2D eigenvalue weighted by Gasteiger charge is 2.50. The summed E-state index contributed by atoms with van der Waals surface area (Å²) in [4.78, 5) is -0.586. The molecule has 0 saturated heterocycles. The molecule has 0 amide bonds. The van der Waals surface area contributed by atoms with Crippen molar-refractivity contribution in [2.24, 2.45) is 11.0 Å². The molecule has 2 aromatic carbocycles. The Bertz CT molecular complexity index is 870. The SMILES string of the molecule is C=CC[C@H]1COc2ccccc2[C@]12NN=C(c1cc(F)ccc1F)S2. The van der Waals surface area contributed by atoms with Gasteiger partial charge in [-0.1, -0.05) is 36.0 Å². The summed E-state index contributed by atoms with van der Waals surface area (Å²) in [6, 6.07) is 11.1. The molecule has 4 rings (SSSR count). The summed E-state index contributed by atoms with van der Waals surface area (Å²) in [5.41, 5.74) is 4.31. The Morgan fingerprint density at radius 3 is 3.00 bits per heavy atom. The molecule has 0 unspecified atom stereocenters. The number of nitrogens with one attached hydrogen (secondary N) is 1. The summed E-state index contributed by atoms with van der Waals surface area (Å²) >= 11 is 1.41. The first-order chi connectivity index (χ1) is 12.1. The van der Waals surface area contributed by atoms with E-state index in [0.717, 1.165) is 23.4 Å². The van der Waals surface area contributed by atoms with Crippen molar-refractivity contribution in [3.8, 4) is 5.75 Å². The van der Waals surface area contributed by atoms with Crippen LogP contribution in [0.3, 0.4) is 0 Å². The van der Waals surface area contributed by atoms with Crippen LogP contribution in [-0.2, 0) is 4.87 Å². The Hall–Kier alpha value is -2.34. The largest absolute Gasteiger partial charge is 0.493 e. The molecule has 0 bridgehead atoms. The van der Waals surface area contributed by atoms with E-state index in [-0.39, 0.29) is 11.5 Å². The number of fused-ring (bicyclic) bond motifs is 2. The summed E-state index contributed by atoms with van der Waals surface area (Å²) < 4.78 is 33.6. The molecule has 0 saturated carbocycles. The van der Waals surface area contributed by atoms with Crippen molar-refractivity contribution in [2.45, 2.75) is 11.3 Å². The number of hydrazone groups is 1. The highest BCUT2D eigenvalue weighted by Crippen LogP contribution is 2.52. The molecular formula is C19H16F2N2OS. The number of hydrogen-bond acceptors (Lipinski definition) is 4. The Balaban J connectivity index is 1.76. The molecule has 2 heterocycles. The molecule has 0 fully saturated rings. The molecule has 1 spiro atoms. The maximum atomic E-state index is 14.2. The van der Waals surface area contributed by atoms with Crippen molar-refractivity contribution < 1.29 is 13.5 Å². The molecule has 2 aromatic rings. The normalized spacial score (nSPS) is 24.2. The smallest absolute Gasteiger partial charge is 0.141 e. The highest BCUT2D eigenvalue weighted by atomic mass is 32.2. The van der Waals surface area contributed by atoms with Crippen LogP contribution in [0.25, 0.3) is 0 Å². The van der Waals surface area contributed by atoms with Crippen molar-refractivity contribution in [2.75, 3.05) is 6.61 Å². The monoisotopic (exact) mass is 358 g/mol. The molecule has 6 heteroatoms. The summed E-state index contributed by atoms with van der Waals surface area (Å²) in [5, 5.41) is 4.78. The maximum Gasteiger partial charge on any atom is 0.141 e. The van der Waals surface area contributed by atoms with Crippen LogP contribution < -0.4 is 10.2 Å². The van der Waals surface area contributed by atoms with Gasteiger partial charge in [-0.3, -0.25) is 5.43 Å². The maximum absolute atomic E-state index is 14.2. The third kappa shape index (κ3) is 2.61. The summed E-state index contributed by atoms with van der Waals surface area (Å²) in [6.45, 7) is 4.33. The second-order valence-corrected chi connectivity index (χ2v) is 7.25. The Morgan fingerprint density at radius 1 is 1.32 bits per heavy atom. The average molecular weight is 358 g/mol. The molecule has 2 aliphatic rings. The molecule has 0 aromatic heterocycles. The van der Waals surface area contributed by atoms with Crippen LogP contribution in [0.2, 0.25) is 0 Å². The lowest BCUT2D eigenvalue weighted by Crippen LogP contribution is -2.46. The Morgan fingerprint density at radius 2 is 2.16 bits per heavy atom. The molecular weight excluding hydrogens is 342 g/mol. The third-order valence-electron chi connectivity index (χ3n) is 4.49. The molecule has 3 nitrogen and oxygen atoms in total. The van der Waals surface area contributed by atoms with Crippen LogP contribution in [0.15, 0.2) is 60.2 Å². The first-order valence-corrected chi connectivity index (χ1v) is 8.78. The van der Waals surface area contributed by atoms with E-state index in [2.05, 4.69) is 17.1 Å². The third-order valence-corrected chi connectivity index (χ3v) is 5.96. The first kappa shape index (κ1) is 16.1. The number of halogens is 2. The van der Waals surface area contributed by atoms with Gasteiger partial charge in [0, 0.05) is 17.0 Å². The van der Waals surface area contributed by atoms with Crippen molar-refractivity contribution in [3.63, 3.8) is 0 Å². The van der Waals surface area contributed by atoms with Gasteiger partial charge >= 0.3 is 0 Å². The van der Waals surface area contributed by atoms with Gasteiger partial charge < -0.3 is 4.74 Å². The zero-order valence-corrected chi connectivity index (χ0v) is 14.2. The summed E-state index contributed by atoms with van der Waals surface area (Å²) in [5.74, 6) is -0.149. The zero-order chi connectivity index (χ0) is 17.4. The van der Waals surface area contributed by atoms with Gasteiger partial charge in [0.25, 0.3) is 0 Å². The minimum absolute atomic E-state index is 0.0581. The molecule has 2 atom stereocenters. The van der Waals surface area contributed by atoms with Crippen LogP contribution in [0.4, 0.5) is 8.78 Å². The van der Waals surface area contributed by atoms with Gasteiger partial charge in [0.2, 0.25) is 0 Å². The molecule has 25 heavy (non-hydrogen) atoms. The average Bonchev–Trinajstić information content (AvgIpc) is 3.06. The van der Waals surface area contributed by atoms with E-state index >= 15 is 0 Å². The summed E-state index contributed by atoms with van der Waals surface area (Å²) in [6.07, 6.45) is 2.55. The number of ether oxygens (including phenoxy) is 1. The van der Waals surface area contributed by atoms with E-state index in [9.17, 15) is 8.78 Å². The fourth-order valence-electron chi connectivity index (χ4n) is 3.26. The number of benzene rings is 2. The van der Waals surface area contributed by atoms with E-state index in [1.165, 1.54) is 17.8 Å². The first-order valence-electron chi connectivity index (χ1n) is 7.96. The number of allylic oxidation sites excluding steroid dienone is 1. The fourth-order valence-corrected chi connectivity index (χ4v) is 4.62. The number of para-hydroxylation sites is 1. The minimum atomic E-state index is -0.586. The van der Waals surface area contributed by atoms with Gasteiger partial charge in [0.15, 0.2) is 0 Å². The Labute approximate surface area is 148 Å². The topological polar surface area (TPSA) is 33.6 Å². The van der Waals surface area contributed by atoms with E-state index in [0.29, 0.717) is 18.1 Å². The zero-order valence-electron chi connectivity index (χ0n) is 13.3. The Kier molecular flexibility index (Phi) is 4.00. The predicted octanol–water partition coefficient (Wildman–Crippen LogP) is 4.40. The van der Waals surface area contributed by atoms with Crippen LogP contribution >= 0.6 is 11.8 Å². The molecule has 2 aliphatic heterocycles. The fraction of sp³-hybridized carbons (Fsp3) is 0.211. The predicted molar refractivity (Wildman–Crippen MR) is 95.5 cm³/mol. The van der Waals surface area contributed by atoms with Gasteiger partial charge in [-0.2, -0.15) is 5.10 Å². The van der Waals surface area contributed by atoms with Gasteiger partial charge in [-0.15, -0.1) is 6.58 Å². The van der Waals surface area contributed by atoms with Crippen molar-refractivity contribution in [3.05, 3.63) is 77.9 Å².